The number of likely N-dealkylation sites (N-methyl/N-ethyl adjacent to an activating group) is 7. The van der Waals surface area contributed by atoms with Crippen LogP contribution in [-0.4, -0.2) is 220 Å². The molecule has 0 radical (unpaired) electrons. The molecule has 0 aromatic heterocycles. The summed E-state index contributed by atoms with van der Waals surface area (Å²) < 4.78 is 0. The zero-order valence-electron chi connectivity index (χ0n) is 59.2. The molecule has 0 aliphatic carbocycles. The van der Waals surface area contributed by atoms with E-state index in [1.165, 1.54) is 82.8 Å². The second kappa shape index (κ2) is 36.4. The van der Waals surface area contributed by atoms with E-state index in [2.05, 4.69) is 27.8 Å². The maximum Gasteiger partial charge on any atom is 0.270 e. The predicted octanol–water partition coefficient (Wildman–Crippen LogP) is 4.84. The third-order valence-electron chi connectivity index (χ3n) is 17.5. The molecule has 23 heteroatoms. The van der Waals surface area contributed by atoms with Gasteiger partial charge in [-0.05, 0) is 112 Å². The lowest BCUT2D eigenvalue weighted by Crippen LogP contribution is -2.63. The predicted molar refractivity (Wildman–Crippen MR) is 353 cm³/mol. The molecule has 1 fully saturated rings. The summed E-state index contributed by atoms with van der Waals surface area (Å²) in [6, 6.07) is -2.90. The van der Waals surface area contributed by atoms with Gasteiger partial charge in [0.15, 0.2) is 0 Å². The van der Waals surface area contributed by atoms with Crippen LogP contribution in [0.5, 0.6) is 0 Å². The lowest BCUT2D eigenvalue weighted by Gasteiger charge is -2.41. The van der Waals surface area contributed by atoms with Crippen molar-refractivity contribution in [3.63, 3.8) is 0 Å². The molecule has 0 saturated carbocycles. The number of aryl methyl sites for hydroxylation is 1. The minimum Gasteiger partial charge on any atom is -0.390 e. The Morgan fingerprint density at radius 3 is 1.36 bits per heavy atom. The summed E-state index contributed by atoms with van der Waals surface area (Å²) >= 11 is 0. The summed E-state index contributed by atoms with van der Waals surface area (Å²) in [5, 5.41) is 23.4. The molecule has 23 nitrogen and oxygen atoms in total. The minimum atomic E-state index is -1.64. The molecule has 5 N–H and O–H groups in total. The molecule has 1 aromatic rings. The average Bonchev–Trinajstić information content (AvgIpc) is 3.34. The smallest absolute Gasteiger partial charge is 0.270 e. The number of hydrogen-bond acceptors (Lipinski definition) is 12. The zero-order valence-corrected chi connectivity index (χ0v) is 59.2. The first-order valence-corrected chi connectivity index (χ1v) is 32.7. The Labute approximate surface area is 543 Å². The van der Waals surface area contributed by atoms with E-state index in [4.69, 9.17) is 0 Å². The first-order valence-electron chi connectivity index (χ1n) is 32.7. The quantitative estimate of drug-likeness (QED) is 0.131. The number of nitrogens with one attached hydrogen (secondary N) is 4. The summed E-state index contributed by atoms with van der Waals surface area (Å²) in [5.74, 6) is -10.2. The molecule has 514 valence electrons. The standard InChI is InChI=1S/C68H115N11O12/c1-25-49-64(87)73(18)47(17)63(86)74(19)51(35-39(4)5)60(83)72-54(42(10)11)67(90)75(20)50(34-38(2)3)59(82)69-45(15)58(81)70-46(16)62(85)76(21)52(36-40(6)7)65(88)77(22)53(37-41(8)9)66(89)78(23)55(43(12)13)68(91)79(24)56(61(84)71-49)57(80)44(14)30-29-33-48-31-27-26-28-32-48/h26-28,31-32,38-46,49-57,80H,17,25,29-30,33-37H2,1-16,18-24H3,(H,69,82)(H,70,81)(H,71,84)(H,72,83)/t44-,45+,46-,49+,50+,51+,52+,53+,54+,55+,56+,57-/m1/s1. The van der Waals surface area contributed by atoms with Gasteiger partial charge in [-0.2, -0.15) is 0 Å². The first-order chi connectivity index (χ1) is 42.2. The normalized spacial score (nSPS) is 25.8. The molecule has 1 aliphatic heterocycles. The molecule has 0 unspecified atom stereocenters. The van der Waals surface area contributed by atoms with Crippen LogP contribution in [0.4, 0.5) is 0 Å². The first kappa shape index (κ1) is 80.2. The van der Waals surface area contributed by atoms with Crippen LogP contribution in [-0.2, 0) is 59.2 Å². The van der Waals surface area contributed by atoms with Crippen molar-refractivity contribution < 1.29 is 57.8 Å². The fourth-order valence-corrected chi connectivity index (χ4v) is 11.7. The van der Waals surface area contributed by atoms with E-state index in [-0.39, 0.29) is 61.5 Å². The summed E-state index contributed by atoms with van der Waals surface area (Å²) in [4.78, 5) is 170. The highest BCUT2D eigenvalue weighted by atomic mass is 16.3. The number of amides is 11. The minimum absolute atomic E-state index is 0.0269. The van der Waals surface area contributed by atoms with Crippen LogP contribution in [0.2, 0.25) is 0 Å². The van der Waals surface area contributed by atoms with E-state index in [0.29, 0.717) is 19.3 Å². The van der Waals surface area contributed by atoms with Crippen molar-refractivity contribution in [2.75, 3.05) is 49.3 Å². The van der Waals surface area contributed by atoms with Gasteiger partial charge in [-0.1, -0.05) is 134 Å². The Morgan fingerprint density at radius 2 is 0.890 bits per heavy atom. The molecule has 11 amide bonds. The number of hydrogen-bond donors (Lipinski definition) is 5. The van der Waals surface area contributed by atoms with Crippen molar-refractivity contribution in [3.05, 3.63) is 48.2 Å². The Hall–Kier alpha value is -6.91. The summed E-state index contributed by atoms with van der Waals surface area (Å²) in [6.07, 6.45) is 0.685. The second-order valence-electron chi connectivity index (χ2n) is 27.7. The van der Waals surface area contributed by atoms with Gasteiger partial charge in [0.05, 0.1) is 6.10 Å². The number of benzene rings is 1. The Bertz CT molecular complexity index is 2670. The van der Waals surface area contributed by atoms with Crippen molar-refractivity contribution in [3.8, 4) is 0 Å². The third-order valence-corrected chi connectivity index (χ3v) is 17.5. The van der Waals surface area contributed by atoms with Crippen LogP contribution < -0.4 is 21.3 Å². The Kier molecular flexibility index (Phi) is 32.0. The number of carbonyl (C=O) groups excluding carboxylic acids is 11. The van der Waals surface area contributed by atoms with Gasteiger partial charge in [-0.25, -0.2) is 0 Å². The van der Waals surface area contributed by atoms with Gasteiger partial charge in [0, 0.05) is 49.3 Å². The number of aliphatic hydroxyl groups is 1. The van der Waals surface area contributed by atoms with Gasteiger partial charge in [0.25, 0.3) is 5.91 Å². The van der Waals surface area contributed by atoms with Gasteiger partial charge in [-0.3, -0.25) is 52.7 Å². The largest absolute Gasteiger partial charge is 0.390 e. The number of nitrogens with zero attached hydrogens (tertiary/aromatic N) is 7. The zero-order chi connectivity index (χ0) is 70.0. The van der Waals surface area contributed by atoms with Gasteiger partial charge in [-0.15, -0.1) is 0 Å². The lowest BCUT2D eigenvalue weighted by atomic mass is 9.89. The fraction of sp³-hybridized carbons (Fsp3) is 0.721. The van der Waals surface area contributed by atoms with E-state index < -0.39 is 149 Å². The van der Waals surface area contributed by atoms with Crippen LogP contribution >= 0.6 is 0 Å². The Morgan fingerprint density at radius 1 is 0.462 bits per heavy atom. The van der Waals surface area contributed by atoms with Gasteiger partial charge in [0.2, 0.25) is 59.1 Å². The molecule has 1 heterocycles. The van der Waals surface area contributed by atoms with E-state index in [0.717, 1.165) is 20.3 Å². The molecule has 0 spiro atoms. The van der Waals surface area contributed by atoms with E-state index in [1.807, 2.05) is 85.7 Å². The molecule has 1 saturated heterocycles. The summed E-state index contributed by atoms with van der Waals surface area (Å²) in [7, 11) is 9.81. The highest BCUT2D eigenvalue weighted by molar-refractivity contribution is 6.02. The van der Waals surface area contributed by atoms with Crippen molar-refractivity contribution in [1.82, 2.24) is 55.6 Å². The van der Waals surface area contributed by atoms with Crippen LogP contribution in [0.1, 0.15) is 161 Å². The SMILES string of the molecule is C=C1C(=O)N(C)[C@@H](CC(C)C)C(=O)N[C@@H](C(C)C)C(=O)N(C)[C@@H](CC(C)C)C(=O)N[C@@H](C)C(=O)N[C@H](C)C(=O)N(C)[C@@H](CC(C)C)C(=O)N(C)[C@@H](CC(C)C)C(=O)N(C)[C@@H](C(C)C)C(=O)N(C)[C@@H]([C@H](O)[C@H](C)CCCc2ccccc2)C(=O)N[C@@H](CC)C(=O)N1C. The summed E-state index contributed by atoms with van der Waals surface area (Å²) in [5.41, 5.74) is 0.707. The summed E-state index contributed by atoms with van der Waals surface area (Å²) in [6.45, 7) is 32.0. The van der Waals surface area contributed by atoms with Crippen LogP contribution in [0.15, 0.2) is 42.6 Å². The molecule has 1 aromatic carbocycles. The van der Waals surface area contributed by atoms with Gasteiger partial charge >= 0.3 is 0 Å². The topological polar surface area (TPSA) is 279 Å². The third kappa shape index (κ3) is 22.1. The van der Waals surface area contributed by atoms with E-state index >= 15 is 19.2 Å². The molecule has 1 aliphatic rings. The molecule has 2 rings (SSSR count). The van der Waals surface area contributed by atoms with Crippen molar-refractivity contribution in [2.45, 2.75) is 229 Å². The van der Waals surface area contributed by atoms with E-state index in [9.17, 15) is 38.7 Å². The van der Waals surface area contributed by atoms with Gasteiger partial charge < -0.3 is 60.7 Å². The molecule has 12 atom stereocenters. The number of carbonyl (C=O) groups is 11. The van der Waals surface area contributed by atoms with Crippen molar-refractivity contribution >= 4 is 65.0 Å². The molecule has 91 heavy (non-hydrogen) atoms. The van der Waals surface area contributed by atoms with E-state index in [1.54, 1.807) is 41.5 Å². The molecule has 0 bridgehead atoms. The van der Waals surface area contributed by atoms with Crippen molar-refractivity contribution in [2.24, 2.45) is 41.4 Å². The lowest BCUT2D eigenvalue weighted by molar-refractivity contribution is -0.157. The highest BCUT2D eigenvalue weighted by Gasteiger charge is 2.46. The fourth-order valence-electron chi connectivity index (χ4n) is 11.7. The van der Waals surface area contributed by atoms with Gasteiger partial charge in [0.1, 0.15) is 66.1 Å². The Balaban J connectivity index is 3.01. The average molecular weight is 1280 g/mol. The maximum atomic E-state index is 15.4. The molecular weight excluding hydrogens is 1160 g/mol. The monoisotopic (exact) mass is 1280 g/mol. The highest BCUT2D eigenvalue weighted by Crippen LogP contribution is 2.27. The van der Waals surface area contributed by atoms with Crippen LogP contribution in [0.25, 0.3) is 0 Å². The number of rotatable bonds is 17. The number of aliphatic hydroxyl groups excluding tert-OH is 1. The molecular formula is C68H115N11O12. The maximum absolute atomic E-state index is 15.4. The van der Waals surface area contributed by atoms with Crippen LogP contribution in [0, 0.1) is 41.4 Å². The van der Waals surface area contributed by atoms with Crippen LogP contribution in [0.3, 0.4) is 0 Å². The second-order valence-corrected chi connectivity index (χ2v) is 27.7. The van der Waals surface area contributed by atoms with Crippen molar-refractivity contribution in [1.29, 1.82) is 0 Å².